The standard InChI is InChI=1S/C18H23.2ClH.Ti/c1-11-8-9-16(12(2)10-11)17-14(4)13(3)15(5)18(17,6)7;;;/h8-9H,1-7H3;2*1H;/q;;;+2/p-2. The molecule has 0 spiro atoms. The SMILES string of the molecule is CC1=C(C)C(C)(C)C(c2ccc(C)[c]([Ti+2])c2C)=C1C.[Cl-].[Cl-]. The van der Waals surface area contributed by atoms with Crippen LogP contribution in [0, 0.1) is 19.3 Å². The predicted molar refractivity (Wildman–Crippen MR) is 80.3 cm³/mol. The van der Waals surface area contributed by atoms with Crippen LogP contribution in [0.1, 0.15) is 51.3 Å². The quantitative estimate of drug-likeness (QED) is 0.544. The topological polar surface area (TPSA) is 0 Å². The van der Waals surface area contributed by atoms with Crippen LogP contribution in [0.3, 0.4) is 0 Å². The summed E-state index contributed by atoms with van der Waals surface area (Å²) in [5.74, 6) is 0. The first-order valence-electron chi connectivity index (χ1n) is 6.91. The van der Waals surface area contributed by atoms with Gasteiger partial charge in [-0.2, -0.15) is 0 Å². The molecular weight excluding hydrogens is 335 g/mol. The van der Waals surface area contributed by atoms with E-state index in [1.807, 2.05) is 0 Å². The van der Waals surface area contributed by atoms with E-state index < -0.39 is 0 Å². The van der Waals surface area contributed by atoms with Crippen molar-refractivity contribution >= 4 is 9.44 Å². The molecule has 1 aromatic carbocycles. The van der Waals surface area contributed by atoms with Crippen LogP contribution in [-0.2, 0) is 20.4 Å². The molecule has 1 aliphatic carbocycles. The largest absolute Gasteiger partial charge is 1.00 e. The van der Waals surface area contributed by atoms with E-state index in [0.29, 0.717) is 0 Å². The van der Waals surface area contributed by atoms with Crippen LogP contribution in [-0.4, -0.2) is 0 Å². The maximum atomic E-state index is 2.35. The molecule has 0 aromatic heterocycles. The van der Waals surface area contributed by atoms with E-state index in [4.69, 9.17) is 0 Å². The van der Waals surface area contributed by atoms with Crippen LogP contribution in [0.15, 0.2) is 28.9 Å². The van der Waals surface area contributed by atoms with Crippen LogP contribution < -0.4 is 28.7 Å². The summed E-state index contributed by atoms with van der Waals surface area (Å²) in [5, 5.41) is 0. The van der Waals surface area contributed by atoms with Crippen LogP contribution in [0.5, 0.6) is 0 Å². The van der Waals surface area contributed by atoms with Gasteiger partial charge in [0, 0.05) is 0 Å². The Morgan fingerprint density at radius 1 is 0.857 bits per heavy atom. The zero-order chi connectivity index (χ0) is 14.5. The van der Waals surface area contributed by atoms with Crippen LogP contribution in [0.25, 0.3) is 5.57 Å². The number of hydrogen-bond donors (Lipinski definition) is 0. The van der Waals surface area contributed by atoms with Crippen molar-refractivity contribution in [2.24, 2.45) is 5.41 Å². The first-order valence-corrected chi connectivity index (χ1v) is 7.69. The van der Waals surface area contributed by atoms with Crippen molar-refractivity contribution in [1.29, 1.82) is 0 Å². The molecule has 21 heavy (non-hydrogen) atoms. The molecule has 113 valence electrons. The van der Waals surface area contributed by atoms with E-state index >= 15 is 0 Å². The Kier molecular flexibility index (Phi) is 7.05. The Morgan fingerprint density at radius 3 is 1.81 bits per heavy atom. The molecule has 0 heterocycles. The van der Waals surface area contributed by atoms with E-state index in [1.54, 1.807) is 0 Å². The summed E-state index contributed by atoms with van der Waals surface area (Å²) in [6.07, 6.45) is 0. The minimum absolute atomic E-state index is 0. The van der Waals surface area contributed by atoms with Crippen molar-refractivity contribution in [2.45, 2.75) is 48.5 Å². The Morgan fingerprint density at radius 2 is 1.38 bits per heavy atom. The van der Waals surface area contributed by atoms with Crippen molar-refractivity contribution in [3.63, 3.8) is 0 Å². The summed E-state index contributed by atoms with van der Waals surface area (Å²) in [6.45, 7) is 16.0. The molecule has 0 bridgehead atoms. The van der Waals surface area contributed by atoms with Gasteiger partial charge in [0.25, 0.3) is 0 Å². The zero-order valence-electron chi connectivity index (χ0n) is 13.9. The molecule has 0 fully saturated rings. The third kappa shape index (κ3) is 3.20. The summed E-state index contributed by atoms with van der Waals surface area (Å²) in [5.41, 5.74) is 10.4. The third-order valence-electron chi connectivity index (χ3n) is 5.01. The second kappa shape index (κ2) is 7.05. The third-order valence-corrected chi connectivity index (χ3v) is 6.21. The van der Waals surface area contributed by atoms with Gasteiger partial charge in [0.15, 0.2) is 0 Å². The van der Waals surface area contributed by atoms with Crippen LogP contribution >= 0.6 is 0 Å². The average Bonchev–Trinajstić information content (AvgIpc) is 2.49. The summed E-state index contributed by atoms with van der Waals surface area (Å²) < 4.78 is 1.43. The normalized spacial score (nSPS) is 16.8. The van der Waals surface area contributed by atoms with Crippen molar-refractivity contribution < 1.29 is 45.2 Å². The van der Waals surface area contributed by atoms with Gasteiger partial charge in [-0.1, -0.05) is 0 Å². The van der Waals surface area contributed by atoms with E-state index in [-0.39, 0.29) is 30.2 Å². The molecule has 0 radical (unpaired) electrons. The molecule has 3 heteroatoms. The molecule has 0 saturated heterocycles. The van der Waals surface area contributed by atoms with Crippen molar-refractivity contribution in [1.82, 2.24) is 0 Å². The van der Waals surface area contributed by atoms with Crippen LogP contribution in [0.2, 0.25) is 0 Å². The predicted octanol–water partition coefficient (Wildman–Crippen LogP) is -1.37. The monoisotopic (exact) mass is 357 g/mol. The molecule has 0 N–H and O–H groups in total. The van der Waals surface area contributed by atoms with Gasteiger partial charge in [-0.05, 0) is 0 Å². The van der Waals surface area contributed by atoms with Gasteiger partial charge in [-0.15, -0.1) is 0 Å². The van der Waals surface area contributed by atoms with E-state index in [0.717, 1.165) is 0 Å². The molecule has 0 amide bonds. The Labute approximate surface area is 153 Å². The summed E-state index contributed by atoms with van der Waals surface area (Å²) >= 11 is 2.24. The Balaban J connectivity index is 0.00000200. The number of hydrogen-bond acceptors (Lipinski definition) is 0. The fraction of sp³-hybridized carbons (Fsp3) is 0.444. The number of allylic oxidation sites excluding steroid dienone is 4. The number of rotatable bonds is 1. The molecule has 1 aliphatic rings. The summed E-state index contributed by atoms with van der Waals surface area (Å²) in [7, 11) is 0. The number of halogens is 2. The van der Waals surface area contributed by atoms with Crippen molar-refractivity contribution in [3.8, 4) is 0 Å². The summed E-state index contributed by atoms with van der Waals surface area (Å²) in [6, 6.07) is 4.57. The smallest absolute Gasteiger partial charge is 1.00 e. The fourth-order valence-corrected chi connectivity index (χ4v) is 3.59. The maximum Gasteiger partial charge on any atom is -1.00 e. The number of aryl methyl sites for hydroxylation is 1. The van der Waals surface area contributed by atoms with E-state index in [2.05, 4.69) is 81.0 Å². The molecule has 0 atom stereocenters. The van der Waals surface area contributed by atoms with Gasteiger partial charge < -0.3 is 24.8 Å². The van der Waals surface area contributed by atoms with Gasteiger partial charge in [0.2, 0.25) is 0 Å². The van der Waals surface area contributed by atoms with Gasteiger partial charge in [0.05, 0.1) is 0 Å². The second-order valence-corrected chi connectivity index (χ2v) is 7.09. The molecular formula is C18H23Cl2Ti. The molecule has 0 nitrogen and oxygen atoms in total. The first-order chi connectivity index (χ1) is 8.69. The Hall–Kier alpha value is -0.00571. The minimum atomic E-state index is 0. The molecule has 0 unspecified atom stereocenters. The Bertz CT molecular complexity index is 622. The van der Waals surface area contributed by atoms with Crippen molar-refractivity contribution in [3.05, 3.63) is 45.5 Å². The molecule has 0 saturated carbocycles. The van der Waals surface area contributed by atoms with Gasteiger partial charge >= 0.3 is 129 Å². The second-order valence-electron chi connectivity index (χ2n) is 6.31. The number of benzene rings is 1. The average molecular weight is 358 g/mol. The van der Waals surface area contributed by atoms with Gasteiger partial charge in [-0.3, -0.25) is 0 Å². The minimum Gasteiger partial charge on any atom is -1.00 e. The van der Waals surface area contributed by atoms with E-state index in [1.165, 1.54) is 42.9 Å². The molecule has 2 rings (SSSR count). The maximum absolute atomic E-state index is 2.35. The zero-order valence-corrected chi connectivity index (χ0v) is 17.0. The van der Waals surface area contributed by atoms with Gasteiger partial charge in [0.1, 0.15) is 0 Å². The first kappa shape index (κ1) is 21.0. The molecule has 0 aliphatic heterocycles. The molecule has 1 aromatic rings. The van der Waals surface area contributed by atoms with E-state index in [9.17, 15) is 0 Å². The fourth-order valence-electron chi connectivity index (χ4n) is 3.25. The summed E-state index contributed by atoms with van der Waals surface area (Å²) in [4.78, 5) is 0. The van der Waals surface area contributed by atoms with Crippen molar-refractivity contribution in [2.75, 3.05) is 0 Å². The van der Waals surface area contributed by atoms with Gasteiger partial charge in [-0.25, -0.2) is 0 Å². The van der Waals surface area contributed by atoms with Crippen LogP contribution in [0.4, 0.5) is 0 Å².